The lowest BCUT2D eigenvalue weighted by molar-refractivity contribution is -0.123. The van der Waals surface area contributed by atoms with E-state index in [0.29, 0.717) is 21.3 Å². The van der Waals surface area contributed by atoms with E-state index in [1.165, 1.54) is 18.9 Å². The fraction of sp³-hybridized carbons (Fsp3) is 0.353. The minimum Gasteiger partial charge on any atom is -0.465 e. The fourth-order valence-electron chi connectivity index (χ4n) is 2.63. The zero-order chi connectivity index (χ0) is 17.1. The highest BCUT2D eigenvalue weighted by Gasteiger charge is 2.34. The molecule has 1 aromatic carbocycles. The van der Waals surface area contributed by atoms with E-state index in [1.807, 2.05) is 0 Å². The number of hydrogen-bond donors (Lipinski definition) is 0. The summed E-state index contributed by atoms with van der Waals surface area (Å²) in [6.07, 6.45) is 3.86. The first-order valence-corrected chi connectivity index (χ1v) is 8.86. The van der Waals surface area contributed by atoms with Crippen molar-refractivity contribution < 1.29 is 19.1 Å². The molecule has 0 saturated carbocycles. The van der Waals surface area contributed by atoms with Gasteiger partial charge in [-0.15, -0.1) is 0 Å². The van der Waals surface area contributed by atoms with Crippen LogP contribution in [-0.4, -0.2) is 47.5 Å². The Morgan fingerprint density at radius 1 is 1.46 bits per heavy atom. The summed E-state index contributed by atoms with van der Waals surface area (Å²) < 4.78 is 10.8. The molecule has 0 bridgehead atoms. The minimum absolute atomic E-state index is 0.0752. The predicted molar refractivity (Wildman–Crippen MR) is 96.6 cm³/mol. The Hall–Kier alpha value is -1.70. The molecule has 1 amide bonds. The number of thioether (sulfide) groups is 1. The molecule has 0 aromatic heterocycles. The number of esters is 1. The van der Waals surface area contributed by atoms with E-state index in [9.17, 15) is 9.59 Å². The number of rotatable bonds is 4. The van der Waals surface area contributed by atoms with Gasteiger partial charge in [0.15, 0.2) is 0 Å². The molecule has 7 heteroatoms. The van der Waals surface area contributed by atoms with Gasteiger partial charge in [-0.25, -0.2) is 4.79 Å². The van der Waals surface area contributed by atoms with E-state index in [1.54, 1.807) is 35.2 Å². The van der Waals surface area contributed by atoms with Crippen molar-refractivity contribution in [2.75, 3.05) is 20.3 Å². The number of amides is 1. The molecule has 5 nitrogen and oxygen atoms in total. The number of hydrogen-bond acceptors (Lipinski definition) is 6. The van der Waals surface area contributed by atoms with Crippen LogP contribution in [0.15, 0.2) is 29.2 Å². The molecule has 1 aromatic rings. The van der Waals surface area contributed by atoms with Gasteiger partial charge in [-0.1, -0.05) is 36.1 Å². The van der Waals surface area contributed by atoms with E-state index in [4.69, 9.17) is 17.0 Å². The van der Waals surface area contributed by atoms with E-state index in [0.717, 1.165) is 25.0 Å². The molecule has 2 saturated heterocycles. The molecule has 1 atom stereocenters. The maximum Gasteiger partial charge on any atom is 0.337 e. The van der Waals surface area contributed by atoms with Crippen molar-refractivity contribution in [1.82, 2.24) is 4.90 Å². The standard InChI is InChI=1S/C17H17NO4S2/c1-21-16(20)12-6-4-11(5-7-12)9-14-15(19)18(17(23)24-14)10-13-3-2-8-22-13/h4-7,9,13H,2-3,8,10H2,1H3/b14-9-/t13-/m1/s1. The largest absolute Gasteiger partial charge is 0.465 e. The summed E-state index contributed by atoms with van der Waals surface area (Å²) in [4.78, 5) is 26.2. The second kappa shape index (κ2) is 7.46. The monoisotopic (exact) mass is 363 g/mol. The highest BCUT2D eigenvalue weighted by molar-refractivity contribution is 8.26. The Labute approximate surface area is 150 Å². The van der Waals surface area contributed by atoms with Crippen molar-refractivity contribution in [2.24, 2.45) is 0 Å². The van der Waals surface area contributed by atoms with Gasteiger partial charge < -0.3 is 9.47 Å². The summed E-state index contributed by atoms with van der Waals surface area (Å²) in [6.45, 7) is 1.27. The summed E-state index contributed by atoms with van der Waals surface area (Å²) in [5, 5.41) is 0. The van der Waals surface area contributed by atoms with Crippen LogP contribution in [0.3, 0.4) is 0 Å². The van der Waals surface area contributed by atoms with Gasteiger partial charge in [0.1, 0.15) is 4.32 Å². The summed E-state index contributed by atoms with van der Waals surface area (Å²) in [6, 6.07) is 6.90. The van der Waals surface area contributed by atoms with Crippen LogP contribution in [0.25, 0.3) is 6.08 Å². The van der Waals surface area contributed by atoms with Crippen LogP contribution in [-0.2, 0) is 14.3 Å². The van der Waals surface area contributed by atoms with Gasteiger partial charge in [-0.2, -0.15) is 0 Å². The van der Waals surface area contributed by atoms with E-state index in [2.05, 4.69) is 4.74 Å². The molecule has 0 unspecified atom stereocenters. The Morgan fingerprint density at radius 2 is 2.21 bits per heavy atom. The van der Waals surface area contributed by atoms with Crippen LogP contribution in [0.2, 0.25) is 0 Å². The van der Waals surface area contributed by atoms with Gasteiger partial charge in [0.25, 0.3) is 5.91 Å². The van der Waals surface area contributed by atoms with Gasteiger partial charge >= 0.3 is 5.97 Å². The number of ether oxygens (including phenoxy) is 2. The molecule has 3 rings (SSSR count). The third-order valence-corrected chi connectivity index (χ3v) is 5.29. The molecule has 0 spiro atoms. The van der Waals surface area contributed by atoms with Crippen LogP contribution < -0.4 is 0 Å². The van der Waals surface area contributed by atoms with Crippen molar-refractivity contribution in [3.63, 3.8) is 0 Å². The van der Waals surface area contributed by atoms with Crippen LogP contribution in [0.1, 0.15) is 28.8 Å². The first kappa shape index (κ1) is 17.1. The zero-order valence-electron chi connectivity index (χ0n) is 13.2. The molecule has 2 heterocycles. The fourth-order valence-corrected chi connectivity index (χ4v) is 3.91. The predicted octanol–water partition coefficient (Wildman–Crippen LogP) is 2.85. The Balaban J connectivity index is 1.72. The highest BCUT2D eigenvalue weighted by atomic mass is 32.2. The summed E-state index contributed by atoms with van der Waals surface area (Å²) in [5.74, 6) is -0.470. The van der Waals surface area contributed by atoms with Crippen LogP contribution in [0.4, 0.5) is 0 Å². The van der Waals surface area contributed by atoms with Crippen molar-refractivity contribution in [1.29, 1.82) is 0 Å². The average molecular weight is 363 g/mol. The number of methoxy groups -OCH3 is 1. The number of nitrogens with zero attached hydrogens (tertiary/aromatic N) is 1. The normalized spacial score (nSPS) is 22.5. The smallest absolute Gasteiger partial charge is 0.337 e. The van der Waals surface area contributed by atoms with Crippen molar-refractivity contribution >= 4 is 46.3 Å². The maximum atomic E-state index is 12.5. The summed E-state index contributed by atoms with van der Waals surface area (Å²) in [5.41, 5.74) is 1.31. The van der Waals surface area contributed by atoms with E-state index < -0.39 is 0 Å². The molecular formula is C17H17NO4S2. The van der Waals surface area contributed by atoms with Crippen molar-refractivity contribution in [3.05, 3.63) is 40.3 Å². The average Bonchev–Trinajstić information content (AvgIpc) is 3.19. The van der Waals surface area contributed by atoms with Crippen molar-refractivity contribution in [2.45, 2.75) is 18.9 Å². The molecule has 126 valence electrons. The quantitative estimate of drug-likeness (QED) is 0.466. The molecular weight excluding hydrogens is 346 g/mol. The van der Waals surface area contributed by atoms with Crippen LogP contribution >= 0.6 is 24.0 Å². The number of benzene rings is 1. The zero-order valence-corrected chi connectivity index (χ0v) is 14.8. The Morgan fingerprint density at radius 3 is 2.83 bits per heavy atom. The van der Waals surface area contributed by atoms with Crippen molar-refractivity contribution in [3.8, 4) is 0 Å². The third kappa shape index (κ3) is 3.68. The Bertz CT molecular complexity index is 693. The van der Waals surface area contributed by atoms with E-state index in [-0.39, 0.29) is 18.0 Å². The van der Waals surface area contributed by atoms with Gasteiger partial charge in [-0.3, -0.25) is 9.69 Å². The lowest BCUT2D eigenvalue weighted by Gasteiger charge is -2.18. The lowest BCUT2D eigenvalue weighted by atomic mass is 10.1. The summed E-state index contributed by atoms with van der Waals surface area (Å²) >= 11 is 6.62. The Kier molecular flexibility index (Phi) is 5.33. The highest BCUT2D eigenvalue weighted by Crippen LogP contribution is 2.33. The third-order valence-electron chi connectivity index (χ3n) is 3.91. The van der Waals surface area contributed by atoms with Crippen LogP contribution in [0, 0.1) is 0 Å². The minimum atomic E-state index is -0.385. The maximum absolute atomic E-state index is 12.5. The van der Waals surface area contributed by atoms with Crippen LogP contribution in [0.5, 0.6) is 0 Å². The first-order chi connectivity index (χ1) is 11.6. The number of carbonyl (C=O) groups is 2. The molecule has 2 aliphatic heterocycles. The second-order valence-electron chi connectivity index (χ2n) is 5.54. The summed E-state index contributed by atoms with van der Waals surface area (Å²) in [7, 11) is 1.34. The topological polar surface area (TPSA) is 55.8 Å². The molecule has 0 N–H and O–H groups in total. The molecule has 24 heavy (non-hydrogen) atoms. The lowest BCUT2D eigenvalue weighted by Crippen LogP contribution is -2.35. The number of thiocarbonyl (C=S) groups is 1. The molecule has 0 aliphatic carbocycles. The first-order valence-electron chi connectivity index (χ1n) is 7.64. The number of carbonyl (C=O) groups excluding carboxylic acids is 2. The SMILES string of the molecule is COC(=O)c1ccc(/C=C2\SC(=S)N(C[C@H]3CCCO3)C2=O)cc1. The van der Waals surface area contributed by atoms with Gasteiger partial charge in [-0.05, 0) is 36.6 Å². The second-order valence-corrected chi connectivity index (χ2v) is 7.22. The van der Waals surface area contributed by atoms with Gasteiger partial charge in [0.05, 0.1) is 30.2 Å². The molecule has 2 fully saturated rings. The van der Waals surface area contributed by atoms with E-state index >= 15 is 0 Å². The van der Waals surface area contributed by atoms with Gasteiger partial charge in [0, 0.05) is 6.61 Å². The molecule has 2 aliphatic rings. The van der Waals surface area contributed by atoms with Gasteiger partial charge in [0.2, 0.25) is 0 Å². The molecule has 0 radical (unpaired) electrons.